The second-order valence-electron chi connectivity index (χ2n) is 5.98. The van der Waals surface area contributed by atoms with Crippen LogP contribution < -0.4 is 4.90 Å². The maximum absolute atomic E-state index is 14.3. The van der Waals surface area contributed by atoms with E-state index in [4.69, 9.17) is 0 Å². The summed E-state index contributed by atoms with van der Waals surface area (Å²) in [7, 11) is 0. The maximum atomic E-state index is 14.3. The molecule has 0 N–H and O–H groups in total. The van der Waals surface area contributed by atoms with Crippen LogP contribution in [0.3, 0.4) is 0 Å². The summed E-state index contributed by atoms with van der Waals surface area (Å²) in [5.41, 5.74) is 0.102. The van der Waals surface area contributed by atoms with Crippen molar-refractivity contribution in [1.29, 1.82) is 0 Å². The number of rotatable bonds is 3. The minimum atomic E-state index is -0.599. The molecule has 3 rings (SSSR count). The Morgan fingerprint density at radius 1 is 1.35 bits per heavy atom. The molecule has 0 radical (unpaired) electrons. The summed E-state index contributed by atoms with van der Waals surface area (Å²) in [6.45, 7) is 7.32. The molecular formula is C15H18FN5O2. The lowest BCUT2D eigenvalue weighted by Gasteiger charge is -2.35. The fourth-order valence-electron chi connectivity index (χ4n) is 3.01. The Morgan fingerprint density at radius 3 is 2.70 bits per heavy atom. The molecule has 0 saturated heterocycles. The molecule has 0 amide bonds. The Balaban J connectivity index is 1.95. The molecule has 1 aliphatic heterocycles. The van der Waals surface area contributed by atoms with Gasteiger partial charge in [0.05, 0.1) is 22.7 Å². The first-order valence-electron chi connectivity index (χ1n) is 7.53. The van der Waals surface area contributed by atoms with Crippen molar-refractivity contribution in [2.75, 3.05) is 11.4 Å². The number of anilines is 1. The second kappa shape index (κ2) is 5.60. The van der Waals surface area contributed by atoms with Gasteiger partial charge in [-0.15, -0.1) is 10.2 Å². The second-order valence-corrected chi connectivity index (χ2v) is 5.98. The smallest absolute Gasteiger partial charge is 0.272 e. The van der Waals surface area contributed by atoms with Crippen molar-refractivity contribution >= 4 is 11.4 Å². The molecule has 1 unspecified atom stereocenters. The van der Waals surface area contributed by atoms with Crippen molar-refractivity contribution < 1.29 is 9.31 Å². The van der Waals surface area contributed by atoms with Crippen LogP contribution in [0.5, 0.6) is 0 Å². The van der Waals surface area contributed by atoms with E-state index in [-0.39, 0.29) is 17.6 Å². The Hall–Kier alpha value is -2.51. The summed E-state index contributed by atoms with van der Waals surface area (Å²) in [6, 6.07) is 3.59. The summed E-state index contributed by atoms with van der Waals surface area (Å²) < 4.78 is 16.4. The number of hydrogen-bond acceptors (Lipinski definition) is 5. The lowest BCUT2D eigenvalue weighted by molar-refractivity contribution is -0.385. The third-order valence-corrected chi connectivity index (χ3v) is 4.18. The van der Waals surface area contributed by atoms with Gasteiger partial charge in [0.1, 0.15) is 5.82 Å². The van der Waals surface area contributed by atoms with Gasteiger partial charge in [0.15, 0.2) is 11.6 Å². The number of fused-ring (bicyclic) bond motifs is 1. The van der Waals surface area contributed by atoms with Crippen LogP contribution in [0.4, 0.5) is 15.8 Å². The van der Waals surface area contributed by atoms with Crippen LogP contribution in [0.2, 0.25) is 0 Å². The molecule has 0 bridgehead atoms. The van der Waals surface area contributed by atoms with Crippen molar-refractivity contribution in [3.63, 3.8) is 0 Å². The number of halogens is 1. The van der Waals surface area contributed by atoms with E-state index in [1.54, 1.807) is 0 Å². The summed E-state index contributed by atoms with van der Waals surface area (Å²) in [4.78, 5) is 12.0. The van der Waals surface area contributed by atoms with Crippen LogP contribution in [0.15, 0.2) is 18.2 Å². The Labute approximate surface area is 132 Å². The highest BCUT2D eigenvalue weighted by Crippen LogP contribution is 2.33. The Kier molecular flexibility index (Phi) is 3.75. The summed E-state index contributed by atoms with van der Waals surface area (Å²) in [5.74, 6) is 1.39. The zero-order valence-corrected chi connectivity index (χ0v) is 13.2. The van der Waals surface area contributed by atoms with Gasteiger partial charge < -0.3 is 9.47 Å². The van der Waals surface area contributed by atoms with Crippen LogP contribution in [0, 0.1) is 15.9 Å². The van der Waals surface area contributed by atoms with Crippen molar-refractivity contribution in [2.45, 2.75) is 39.3 Å². The zero-order chi connectivity index (χ0) is 16.7. The summed E-state index contributed by atoms with van der Waals surface area (Å²) in [5, 5.41) is 19.2. The van der Waals surface area contributed by atoms with E-state index in [2.05, 4.69) is 28.6 Å². The highest BCUT2D eigenvalue weighted by Gasteiger charge is 2.30. The molecule has 122 valence electrons. The SMILES string of the molecule is CC(C)c1nnc2n1CCN(c1ccc([N+](=O)[O-])cc1F)C2C. The molecule has 8 heteroatoms. The minimum Gasteiger partial charge on any atom is -0.357 e. The number of aromatic nitrogens is 3. The molecule has 0 aliphatic carbocycles. The maximum Gasteiger partial charge on any atom is 0.272 e. The number of nitrogens with zero attached hydrogens (tertiary/aromatic N) is 5. The first-order chi connectivity index (χ1) is 10.9. The highest BCUT2D eigenvalue weighted by atomic mass is 19.1. The van der Waals surface area contributed by atoms with Gasteiger partial charge in [0.2, 0.25) is 0 Å². The Morgan fingerprint density at radius 2 is 2.09 bits per heavy atom. The highest BCUT2D eigenvalue weighted by molar-refractivity contribution is 5.54. The van der Waals surface area contributed by atoms with E-state index in [0.717, 1.165) is 17.7 Å². The van der Waals surface area contributed by atoms with Crippen LogP contribution in [-0.2, 0) is 6.54 Å². The summed E-state index contributed by atoms with van der Waals surface area (Å²) >= 11 is 0. The average Bonchev–Trinajstić information content (AvgIpc) is 2.93. The Bertz CT molecular complexity index is 758. The van der Waals surface area contributed by atoms with Crippen LogP contribution in [-0.4, -0.2) is 26.2 Å². The van der Waals surface area contributed by atoms with Crippen molar-refractivity contribution in [3.05, 3.63) is 45.8 Å². The van der Waals surface area contributed by atoms with E-state index in [9.17, 15) is 14.5 Å². The molecule has 0 saturated carbocycles. The van der Waals surface area contributed by atoms with Gasteiger partial charge in [-0.1, -0.05) is 13.8 Å². The predicted octanol–water partition coefficient (Wildman–Crippen LogP) is 3.03. The fraction of sp³-hybridized carbons (Fsp3) is 0.467. The van der Waals surface area contributed by atoms with Crippen molar-refractivity contribution in [3.8, 4) is 0 Å². The minimum absolute atomic E-state index is 0.153. The molecule has 23 heavy (non-hydrogen) atoms. The van der Waals surface area contributed by atoms with E-state index >= 15 is 0 Å². The topological polar surface area (TPSA) is 77.1 Å². The molecule has 1 aromatic carbocycles. The molecular weight excluding hydrogens is 301 g/mol. The standard InChI is InChI=1S/C15H18FN5O2/c1-9(2)14-17-18-15-10(3)19(6-7-20(14)15)13-5-4-11(21(22)23)8-12(13)16/h4-5,8-10H,6-7H2,1-3H3. The van der Waals surface area contributed by atoms with E-state index in [0.29, 0.717) is 18.8 Å². The molecule has 0 fully saturated rings. The molecule has 1 aliphatic rings. The molecule has 1 atom stereocenters. The molecule has 2 aromatic rings. The van der Waals surface area contributed by atoms with Gasteiger partial charge in [-0.3, -0.25) is 10.1 Å². The van der Waals surface area contributed by atoms with Crippen LogP contribution in [0.1, 0.15) is 44.4 Å². The van der Waals surface area contributed by atoms with E-state index in [1.807, 2.05) is 11.8 Å². The first kappa shape index (κ1) is 15.4. The first-order valence-corrected chi connectivity index (χ1v) is 7.53. The van der Waals surface area contributed by atoms with Gasteiger partial charge in [-0.2, -0.15) is 0 Å². The molecule has 7 nitrogen and oxygen atoms in total. The third kappa shape index (κ3) is 2.54. The van der Waals surface area contributed by atoms with Crippen molar-refractivity contribution in [2.24, 2.45) is 0 Å². The normalized spacial score (nSPS) is 17.4. The largest absolute Gasteiger partial charge is 0.357 e. The molecule has 2 heterocycles. The zero-order valence-electron chi connectivity index (χ0n) is 13.2. The van der Waals surface area contributed by atoms with Gasteiger partial charge in [-0.05, 0) is 13.0 Å². The average molecular weight is 319 g/mol. The van der Waals surface area contributed by atoms with E-state index in [1.165, 1.54) is 12.1 Å². The lowest BCUT2D eigenvalue weighted by Crippen LogP contribution is -2.38. The number of non-ortho nitro benzene ring substituents is 1. The number of nitro benzene ring substituents is 1. The fourth-order valence-corrected chi connectivity index (χ4v) is 3.01. The third-order valence-electron chi connectivity index (χ3n) is 4.18. The van der Waals surface area contributed by atoms with Crippen LogP contribution in [0.25, 0.3) is 0 Å². The molecule has 0 spiro atoms. The van der Waals surface area contributed by atoms with Gasteiger partial charge in [0, 0.05) is 25.1 Å². The van der Waals surface area contributed by atoms with Gasteiger partial charge in [0.25, 0.3) is 5.69 Å². The number of hydrogen-bond donors (Lipinski definition) is 0. The number of benzene rings is 1. The van der Waals surface area contributed by atoms with E-state index < -0.39 is 10.7 Å². The monoisotopic (exact) mass is 319 g/mol. The molecule has 1 aromatic heterocycles. The lowest BCUT2D eigenvalue weighted by atomic mass is 10.1. The van der Waals surface area contributed by atoms with Crippen molar-refractivity contribution in [1.82, 2.24) is 14.8 Å². The summed E-state index contributed by atoms with van der Waals surface area (Å²) in [6.07, 6.45) is 0. The van der Waals surface area contributed by atoms with Crippen LogP contribution >= 0.6 is 0 Å². The van der Waals surface area contributed by atoms with Gasteiger partial charge >= 0.3 is 0 Å². The quantitative estimate of drug-likeness (QED) is 0.642. The van der Waals surface area contributed by atoms with Gasteiger partial charge in [-0.25, -0.2) is 4.39 Å². The predicted molar refractivity (Wildman–Crippen MR) is 82.9 cm³/mol. The number of nitro groups is 1.